The number of carbonyl (C=O) groups excluding carboxylic acids is 2. The Morgan fingerprint density at radius 3 is 2.38 bits per heavy atom. The van der Waals surface area contributed by atoms with E-state index in [0.29, 0.717) is 25.2 Å². The van der Waals surface area contributed by atoms with Crippen molar-refractivity contribution in [3.63, 3.8) is 0 Å². The molecule has 3 N–H and O–H groups in total. The largest absolute Gasteiger partial charge is 0.326 e. The first kappa shape index (κ1) is 24.7. The predicted molar refractivity (Wildman–Crippen MR) is 112 cm³/mol. The molecule has 1 heterocycles. The third kappa shape index (κ3) is 8.36. The van der Waals surface area contributed by atoms with Gasteiger partial charge in [-0.25, -0.2) is 0 Å². The minimum Gasteiger partial charge on any atom is -0.326 e. The lowest BCUT2D eigenvalue weighted by Gasteiger charge is -2.25. The van der Waals surface area contributed by atoms with Gasteiger partial charge in [0.2, 0.25) is 11.8 Å². The van der Waals surface area contributed by atoms with Crippen molar-refractivity contribution >= 4 is 48.0 Å². The fourth-order valence-electron chi connectivity index (χ4n) is 2.81. The van der Waals surface area contributed by atoms with Gasteiger partial charge in [-0.3, -0.25) is 14.5 Å². The molecular formula is C18H30Cl2N4O2. The zero-order valence-corrected chi connectivity index (χ0v) is 17.1. The summed E-state index contributed by atoms with van der Waals surface area (Å²) in [7, 11) is 1.81. The molecule has 0 saturated carbocycles. The van der Waals surface area contributed by atoms with Crippen molar-refractivity contribution in [2.45, 2.75) is 32.6 Å². The molecule has 2 rings (SSSR count). The number of piperidine rings is 1. The van der Waals surface area contributed by atoms with Gasteiger partial charge in [-0.2, -0.15) is 0 Å². The Hall–Kier alpha value is -1.34. The standard InChI is InChI=1S/C18H28N4O2.2ClH/c1-14-6-7-15(20-17(23)8-9-19-2)12-16(14)21-18(24)13-22-10-4-3-5-11-22;;/h6-7,12,19H,3-5,8-11,13H2,1-2H3,(H,20,23)(H,21,24);2*1H. The van der Waals surface area contributed by atoms with Gasteiger partial charge >= 0.3 is 0 Å². The van der Waals surface area contributed by atoms with Gasteiger partial charge in [-0.15, -0.1) is 24.8 Å². The Morgan fingerprint density at radius 1 is 1.04 bits per heavy atom. The van der Waals surface area contributed by atoms with E-state index in [4.69, 9.17) is 0 Å². The van der Waals surface area contributed by atoms with Crippen LogP contribution in [0.1, 0.15) is 31.2 Å². The molecule has 0 bridgehead atoms. The summed E-state index contributed by atoms with van der Waals surface area (Å²) in [6, 6.07) is 5.58. The SMILES string of the molecule is CNCCC(=O)Nc1ccc(C)c(NC(=O)CN2CCCCC2)c1.Cl.Cl. The summed E-state index contributed by atoms with van der Waals surface area (Å²) in [5, 5.41) is 8.78. The lowest BCUT2D eigenvalue weighted by Crippen LogP contribution is -2.36. The molecule has 1 aliphatic rings. The molecule has 1 aromatic carbocycles. The van der Waals surface area contributed by atoms with Crippen molar-refractivity contribution in [1.82, 2.24) is 10.2 Å². The molecule has 1 aliphatic heterocycles. The quantitative estimate of drug-likeness (QED) is 0.652. The maximum atomic E-state index is 12.3. The number of carbonyl (C=O) groups is 2. The first-order valence-corrected chi connectivity index (χ1v) is 8.66. The monoisotopic (exact) mass is 404 g/mol. The van der Waals surface area contributed by atoms with E-state index in [1.165, 1.54) is 19.3 Å². The van der Waals surface area contributed by atoms with E-state index >= 15 is 0 Å². The third-order valence-corrected chi connectivity index (χ3v) is 4.21. The number of likely N-dealkylation sites (tertiary alicyclic amines) is 1. The number of aryl methyl sites for hydroxylation is 1. The molecule has 1 saturated heterocycles. The van der Waals surface area contributed by atoms with Crippen molar-refractivity contribution in [1.29, 1.82) is 0 Å². The van der Waals surface area contributed by atoms with Crippen LogP contribution in [0, 0.1) is 6.92 Å². The van der Waals surface area contributed by atoms with Crippen LogP contribution >= 0.6 is 24.8 Å². The molecule has 0 spiro atoms. The summed E-state index contributed by atoms with van der Waals surface area (Å²) < 4.78 is 0. The number of nitrogens with zero attached hydrogens (tertiary/aromatic N) is 1. The van der Waals surface area contributed by atoms with Gasteiger partial charge in [0.15, 0.2) is 0 Å². The van der Waals surface area contributed by atoms with Crippen molar-refractivity contribution in [3.8, 4) is 0 Å². The van der Waals surface area contributed by atoms with Crippen LogP contribution in [0.3, 0.4) is 0 Å². The van der Waals surface area contributed by atoms with Crippen molar-refractivity contribution in [3.05, 3.63) is 23.8 Å². The first-order chi connectivity index (χ1) is 11.6. The number of nitrogens with one attached hydrogen (secondary N) is 3. The number of amides is 2. The molecule has 0 aliphatic carbocycles. The minimum absolute atomic E-state index is 0. The Balaban J connectivity index is 0.00000312. The average Bonchev–Trinajstić information content (AvgIpc) is 2.57. The van der Waals surface area contributed by atoms with E-state index in [1.807, 2.05) is 32.2 Å². The molecule has 1 fully saturated rings. The molecule has 148 valence electrons. The highest BCUT2D eigenvalue weighted by Crippen LogP contribution is 2.20. The molecule has 26 heavy (non-hydrogen) atoms. The van der Waals surface area contributed by atoms with E-state index in [1.54, 1.807) is 0 Å². The van der Waals surface area contributed by atoms with E-state index < -0.39 is 0 Å². The Kier molecular flexibility index (Phi) is 12.3. The number of hydrogen-bond donors (Lipinski definition) is 3. The van der Waals surface area contributed by atoms with Crippen molar-refractivity contribution in [2.24, 2.45) is 0 Å². The zero-order valence-electron chi connectivity index (χ0n) is 15.5. The minimum atomic E-state index is -0.0428. The molecule has 0 unspecified atom stereocenters. The van der Waals surface area contributed by atoms with Crippen LogP contribution in [0.25, 0.3) is 0 Å². The molecule has 2 amide bonds. The molecule has 0 radical (unpaired) electrons. The van der Waals surface area contributed by atoms with Crippen LogP contribution in [-0.4, -0.2) is 49.9 Å². The number of hydrogen-bond acceptors (Lipinski definition) is 4. The molecular weight excluding hydrogens is 375 g/mol. The Morgan fingerprint density at radius 2 is 1.73 bits per heavy atom. The summed E-state index contributed by atoms with van der Waals surface area (Å²) in [5.74, 6) is -0.0440. The maximum Gasteiger partial charge on any atom is 0.238 e. The fraction of sp³-hybridized carbons (Fsp3) is 0.556. The summed E-state index contributed by atoms with van der Waals surface area (Å²) in [6.45, 7) is 5.00. The highest BCUT2D eigenvalue weighted by Gasteiger charge is 2.14. The van der Waals surface area contributed by atoms with Crippen LogP contribution in [0.2, 0.25) is 0 Å². The Labute approximate surface area is 168 Å². The second-order valence-corrected chi connectivity index (χ2v) is 6.32. The Bertz CT molecular complexity index is 578. The number of benzene rings is 1. The highest BCUT2D eigenvalue weighted by atomic mass is 35.5. The zero-order chi connectivity index (χ0) is 17.4. The third-order valence-electron chi connectivity index (χ3n) is 4.21. The predicted octanol–water partition coefficient (Wildman–Crippen LogP) is 2.81. The molecule has 1 aromatic rings. The van der Waals surface area contributed by atoms with Gasteiger partial charge < -0.3 is 16.0 Å². The molecule has 0 aromatic heterocycles. The van der Waals surface area contributed by atoms with Gasteiger partial charge in [-0.05, 0) is 57.6 Å². The van der Waals surface area contributed by atoms with Gasteiger partial charge in [-0.1, -0.05) is 12.5 Å². The van der Waals surface area contributed by atoms with Gasteiger partial charge in [0.05, 0.1) is 6.54 Å². The summed E-state index contributed by atoms with van der Waals surface area (Å²) in [6.07, 6.45) is 4.01. The second-order valence-electron chi connectivity index (χ2n) is 6.32. The van der Waals surface area contributed by atoms with Crippen LogP contribution in [0.5, 0.6) is 0 Å². The van der Waals surface area contributed by atoms with Gasteiger partial charge in [0.1, 0.15) is 0 Å². The lowest BCUT2D eigenvalue weighted by molar-refractivity contribution is -0.117. The second kappa shape index (κ2) is 12.9. The molecule has 0 atom stereocenters. The summed E-state index contributed by atoms with van der Waals surface area (Å²) in [4.78, 5) is 26.3. The van der Waals surface area contributed by atoms with Crippen molar-refractivity contribution in [2.75, 3.05) is 43.9 Å². The normalized spacial score (nSPS) is 13.9. The number of rotatable bonds is 7. The lowest BCUT2D eigenvalue weighted by atomic mass is 10.1. The number of anilines is 2. The fourth-order valence-corrected chi connectivity index (χ4v) is 2.81. The van der Waals surface area contributed by atoms with Gasteiger partial charge in [0.25, 0.3) is 0 Å². The summed E-state index contributed by atoms with van der Waals surface area (Å²) >= 11 is 0. The summed E-state index contributed by atoms with van der Waals surface area (Å²) in [5.41, 5.74) is 2.44. The van der Waals surface area contributed by atoms with Crippen LogP contribution in [-0.2, 0) is 9.59 Å². The van der Waals surface area contributed by atoms with E-state index in [9.17, 15) is 9.59 Å². The van der Waals surface area contributed by atoms with Gasteiger partial charge in [0, 0.05) is 24.3 Å². The van der Waals surface area contributed by atoms with E-state index in [2.05, 4.69) is 20.9 Å². The maximum absolute atomic E-state index is 12.3. The van der Waals surface area contributed by atoms with Crippen LogP contribution in [0.4, 0.5) is 11.4 Å². The van der Waals surface area contributed by atoms with E-state index in [0.717, 1.165) is 24.3 Å². The topological polar surface area (TPSA) is 73.5 Å². The first-order valence-electron chi connectivity index (χ1n) is 8.66. The number of halogens is 2. The van der Waals surface area contributed by atoms with Crippen LogP contribution in [0.15, 0.2) is 18.2 Å². The highest BCUT2D eigenvalue weighted by molar-refractivity contribution is 5.95. The smallest absolute Gasteiger partial charge is 0.238 e. The van der Waals surface area contributed by atoms with Crippen molar-refractivity contribution < 1.29 is 9.59 Å². The average molecular weight is 405 g/mol. The molecule has 6 nitrogen and oxygen atoms in total. The van der Waals surface area contributed by atoms with Crippen LogP contribution < -0.4 is 16.0 Å². The van der Waals surface area contributed by atoms with E-state index in [-0.39, 0.29) is 36.6 Å². The molecule has 8 heteroatoms.